The van der Waals surface area contributed by atoms with E-state index in [4.69, 9.17) is 4.74 Å². The number of rotatable bonds is 1. The fraction of sp³-hybridized carbons (Fsp3) is 0.909. The lowest BCUT2D eigenvalue weighted by Crippen LogP contribution is -2.45. The summed E-state index contributed by atoms with van der Waals surface area (Å²) in [5, 5.41) is 2.68. The average Bonchev–Trinajstić information content (AvgIpc) is 2.66. The third-order valence-corrected chi connectivity index (χ3v) is 3.04. The molecule has 1 aliphatic carbocycles. The Morgan fingerprint density at radius 2 is 2.00 bits per heavy atom. The second-order valence-electron chi connectivity index (χ2n) is 5.59. The van der Waals surface area contributed by atoms with Crippen LogP contribution in [0.5, 0.6) is 0 Å². The zero-order valence-electron chi connectivity index (χ0n) is 9.72. The first kappa shape index (κ1) is 11.8. The molecule has 0 radical (unpaired) electrons. The summed E-state index contributed by atoms with van der Waals surface area (Å²) in [6, 6.07) is -1.40. The van der Waals surface area contributed by atoms with E-state index in [1.165, 1.54) is 0 Å². The molecular weight excluding hydrogens is 216 g/mol. The molecule has 92 valence electrons. The topological polar surface area (TPSA) is 38.3 Å². The highest BCUT2D eigenvalue weighted by Gasteiger charge is 2.70. The number of piperidine rings is 1. The first-order chi connectivity index (χ1) is 7.22. The molecule has 0 unspecified atom stereocenters. The van der Waals surface area contributed by atoms with Gasteiger partial charge in [0.25, 0.3) is 5.92 Å². The van der Waals surface area contributed by atoms with Gasteiger partial charge in [-0.2, -0.15) is 0 Å². The first-order valence-electron chi connectivity index (χ1n) is 5.58. The molecule has 3 nitrogen and oxygen atoms in total. The predicted molar refractivity (Wildman–Crippen MR) is 54.2 cm³/mol. The van der Waals surface area contributed by atoms with E-state index in [9.17, 15) is 13.6 Å². The lowest BCUT2D eigenvalue weighted by atomic mass is 10.0. The fourth-order valence-corrected chi connectivity index (χ4v) is 2.18. The molecule has 3 atom stereocenters. The number of hydrogen-bond acceptors (Lipinski definition) is 3. The van der Waals surface area contributed by atoms with E-state index in [0.717, 1.165) is 0 Å². The van der Waals surface area contributed by atoms with Crippen LogP contribution in [-0.2, 0) is 9.53 Å². The molecule has 1 aliphatic heterocycles. The van der Waals surface area contributed by atoms with E-state index in [2.05, 4.69) is 5.32 Å². The van der Waals surface area contributed by atoms with Crippen molar-refractivity contribution in [2.24, 2.45) is 5.92 Å². The molecule has 2 rings (SSSR count). The minimum atomic E-state index is -2.63. The van der Waals surface area contributed by atoms with Crippen molar-refractivity contribution in [1.29, 1.82) is 0 Å². The molecule has 2 fully saturated rings. The molecular formula is C11H17F2NO2. The molecule has 16 heavy (non-hydrogen) atoms. The van der Waals surface area contributed by atoms with Crippen LogP contribution in [0.4, 0.5) is 8.78 Å². The second kappa shape index (κ2) is 3.39. The number of carbonyl (C=O) groups is 1. The lowest BCUT2D eigenvalue weighted by Gasteiger charge is -2.26. The third-order valence-electron chi connectivity index (χ3n) is 3.04. The van der Waals surface area contributed by atoms with Gasteiger partial charge in [0.15, 0.2) is 0 Å². The van der Waals surface area contributed by atoms with Crippen molar-refractivity contribution >= 4 is 5.97 Å². The summed E-state index contributed by atoms with van der Waals surface area (Å²) in [5.41, 5.74) is -0.568. The summed E-state index contributed by atoms with van der Waals surface area (Å²) in [6.07, 6.45) is 0.834. The maximum atomic E-state index is 13.1. The van der Waals surface area contributed by atoms with Crippen molar-refractivity contribution in [3.8, 4) is 0 Å². The average molecular weight is 233 g/mol. The summed E-state index contributed by atoms with van der Waals surface area (Å²) >= 11 is 0. The highest BCUT2D eigenvalue weighted by atomic mass is 19.3. The number of hydrogen-bond donors (Lipinski definition) is 1. The Bertz CT molecular complexity index is 312. The molecule has 1 saturated heterocycles. The van der Waals surface area contributed by atoms with Gasteiger partial charge in [0.2, 0.25) is 0 Å². The number of esters is 1. The van der Waals surface area contributed by atoms with Crippen molar-refractivity contribution < 1.29 is 18.3 Å². The number of ether oxygens (including phenoxy) is 1. The minimum absolute atomic E-state index is 0.397. The second-order valence-corrected chi connectivity index (χ2v) is 5.59. The van der Waals surface area contributed by atoms with Gasteiger partial charge in [0, 0.05) is 5.92 Å². The van der Waals surface area contributed by atoms with Crippen molar-refractivity contribution in [2.75, 3.05) is 0 Å². The van der Waals surface area contributed by atoms with Gasteiger partial charge in [0.1, 0.15) is 11.6 Å². The van der Waals surface area contributed by atoms with Crippen molar-refractivity contribution in [2.45, 2.75) is 57.2 Å². The molecule has 2 aliphatic rings. The smallest absolute Gasteiger partial charge is 0.323 e. The molecule has 1 saturated carbocycles. The SMILES string of the molecule is CC(C)(C)OC(=O)[C@H]1CC[C@@H]2[C@H](N1)C2(F)F. The van der Waals surface area contributed by atoms with E-state index < -0.39 is 35.5 Å². The molecule has 0 aromatic heterocycles. The van der Waals surface area contributed by atoms with Gasteiger partial charge in [-0.1, -0.05) is 0 Å². The lowest BCUT2D eigenvalue weighted by molar-refractivity contribution is -0.158. The van der Waals surface area contributed by atoms with Gasteiger partial charge < -0.3 is 4.74 Å². The summed E-state index contributed by atoms with van der Waals surface area (Å²) < 4.78 is 31.3. The molecule has 1 heterocycles. The zero-order valence-corrected chi connectivity index (χ0v) is 9.72. The number of alkyl halides is 2. The van der Waals surface area contributed by atoms with Gasteiger partial charge in [-0.25, -0.2) is 8.78 Å². The quantitative estimate of drug-likeness (QED) is 0.701. The number of carbonyl (C=O) groups excluding carboxylic acids is 1. The largest absolute Gasteiger partial charge is 0.459 e. The highest BCUT2D eigenvalue weighted by molar-refractivity contribution is 5.76. The Labute approximate surface area is 93.5 Å². The van der Waals surface area contributed by atoms with E-state index in [1.807, 2.05) is 0 Å². The molecule has 0 spiro atoms. The molecule has 5 heteroatoms. The molecule has 1 N–H and O–H groups in total. The standard InChI is InChI=1S/C11H17F2NO2/c1-10(2,3)16-9(15)7-5-4-6-8(14-7)11(6,12)13/h6-8,14H,4-5H2,1-3H3/t6-,7-,8+/m1/s1. The van der Waals surface area contributed by atoms with Crippen LogP contribution in [-0.4, -0.2) is 29.6 Å². The minimum Gasteiger partial charge on any atom is -0.459 e. The van der Waals surface area contributed by atoms with E-state index in [0.29, 0.717) is 12.8 Å². The molecule has 0 aromatic rings. The Kier molecular flexibility index (Phi) is 2.49. The molecule has 0 bridgehead atoms. The van der Waals surface area contributed by atoms with E-state index >= 15 is 0 Å². The van der Waals surface area contributed by atoms with E-state index in [-0.39, 0.29) is 0 Å². The zero-order chi connectivity index (χ0) is 12.1. The van der Waals surface area contributed by atoms with Crippen LogP contribution in [0.3, 0.4) is 0 Å². The predicted octanol–water partition coefficient (Wildman–Crippen LogP) is 1.71. The molecule has 0 aromatic carbocycles. The van der Waals surface area contributed by atoms with Crippen LogP contribution < -0.4 is 5.32 Å². The Balaban J connectivity index is 1.91. The maximum Gasteiger partial charge on any atom is 0.323 e. The fourth-order valence-electron chi connectivity index (χ4n) is 2.18. The van der Waals surface area contributed by atoms with Crippen LogP contribution >= 0.6 is 0 Å². The van der Waals surface area contributed by atoms with Gasteiger partial charge in [0.05, 0.1) is 6.04 Å². The normalized spacial score (nSPS) is 36.4. The Morgan fingerprint density at radius 1 is 1.38 bits per heavy atom. The van der Waals surface area contributed by atoms with Crippen LogP contribution in [0.1, 0.15) is 33.6 Å². The summed E-state index contributed by atoms with van der Waals surface area (Å²) in [6.45, 7) is 5.30. The van der Waals surface area contributed by atoms with Crippen LogP contribution in [0.2, 0.25) is 0 Å². The summed E-state index contributed by atoms with van der Waals surface area (Å²) in [4.78, 5) is 11.7. The third kappa shape index (κ3) is 2.05. The number of fused-ring (bicyclic) bond motifs is 1. The summed E-state index contributed by atoms with van der Waals surface area (Å²) in [7, 11) is 0. The van der Waals surface area contributed by atoms with Crippen LogP contribution in [0.15, 0.2) is 0 Å². The van der Waals surface area contributed by atoms with Crippen molar-refractivity contribution in [3.63, 3.8) is 0 Å². The van der Waals surface area contributed by atoms with Crippen LogP contribution in [0.25, 0.3) is 0 Å². The first-order valence-corrected chi connectivity index (χ1v) is 5.58. The van der Waals surface area contributed by atoms with Gasteiger partial charge in [-0.3, -0.25) is 10.1 Å². The van der Waals surface area contributed by atoms with Crippen molar-refractivity contribution in [1.82, 2.24) is 5.32 Å². The Hall–Kier alpha value is -0.710. The van der Waals surface area contributed by atoms with Gasteiger partial charge in [-0.15, -0.1) is 0 Å². The van der Waals surface area contributed by atoms with Crippen molar-refractivity contribution in [3.05, 3.63) is 0 Å². The molecule has 0 amide bonds. The number of nitrogens with one attached hydrogen (secondary N) is 1. The van der Waals surface area contributed by atoms with Gasteiger partial charge in [-0.05, 0) is 33.6 Å². The highest BCUT2D eigenvalue weighted by Crippen LogP contribution is 2.54. The number of halogens is 2. The van der Waals surface area contributed by atoms with Gasteiger partial charge >= 0.3 is 5.97 Å². The maximum absolute atomic E-state index is 13.1. The summed E-state index contributed by atoms with van der Waals surface area (Å²) in [5.74, 6) is -3.63. The monoisotopic (exact) mass is 233 g/mol. The van der Waals surface area contributed by atoms with E-state index in [1.54, 1.807) is 20.8 Å². The Morgan fingerprint density at radius 3 is 2.50 bits per heavy atom. The van der Waals surface area contributed by atoms with Crippen LogP contribution in [0, 0.1) is 5.92 Å².